The van der Waals surface area contributed by atoms with E-state index in [1.807, 2.05) is 61.5 Å². The van der Waals surface area contributed by atoms with E-state index in [4.69, 9.17) is 4.74 Å². The van der Waals surface area contributed by atoms with Crippen LogP contribution in [0.25, 0.3) is 28.1 Å². The van der Waals surface area contributed by atoms with Gasteiger partial charge in [0.1, 0.15) is 11.9 Å². The molecular formula is C20H14N2O2S. The van der Waals surface area contributed by atoms with Gasteiger partial charge in [0.05, 0.1) is 15.6 Å². The fraction of sp³-hybridized carbons (Fsp3) is 0.100. The third-order valence-electron chi connectivity index (χ3n) is 4.46. The molecule has 0 amide bonds. The maximum Gasteiger partial charge on any atom is 0.274 e. The number of aromatic nitrogens is 2. The topological polar surface area (TPSA) is 43.6 Å². The van der Waals surface area contributed by atoms with Crippen LogP contribution in [0, 0.1) is 0 Å². The number of benzene rings is 2. The number of nitrogens with zero attached hydrogens (tertiary/aromatic N) is 2. The third kappa shape index (κ3) is 2.20. The summed E-state index contributed by atoms with van der Waals surface area (Å²) >= 11 is 1.41. The van der Waals surface area contributed by atoms with Crippen molar-refractivity contribution < 1.29 is 4.74 Å². The van der Waals surface area contributed by atoms with Gasteiger partial charge < -0.3 is 4.74 Å². The summed E-state index contributed by atoms with van der Waals surface area (Å²) < 4.78 is 8.33. The maximum atomic E-state index is 12.9. The molecule has 0 aliphatic carbocycles. The monoisotopic (exact) mass is 346 g/mol. The first-order valence-electron chi connectivity index (χ1n) is 8.10. The van der Waals surface area contributed by atoms with Crippen LogP contribution in [0.2, 0.25) is 0 Å². The summed E-state index contributed by atoms with van der Waals surface area (Å²) in [7, 11) is 0. The minimum Gasteiger partial charge on any atom is -0.485 e. The number of rotatable bonds is 1. The van der Waals surface area contributed by atoms with Crippen LogP contribution in [0.3, 0.4) is 0 Å². The van der Waals surface area contributed by atoms with E-state index in [9.17, 15) is 4.79 Å². The van der Waals surface area contributed by atoms with Gasteiger partial charge in [0.15, 0.2) is 4.96 Å². The Labute approximate surface area is 147 Å². The van der Waals surface area contributed by atoms with E-state index in [1.54, 1.807) is 4.40 Å². The lowest BCUT2D eigenvalue weighted by molar-refractivity contribution is 0.259. The van der Waals surface area contributed by atoms with Crippen LogP contribution in [-0.4, -0.2) is 15.5 Å². The summed E-state index contributed by atoms with van der Waals surface area (Å²) in [4.78, 5) is 18.1. The zero-order valence-electron chi connectivity index (χ0n) is 13.5. The van der Waals surface area contributed by atoms with E-state index in [2.05, 4.69) is 11.1 Å². The van der Waals surface area contributed by atoms with Crippen LogP contribution >= 0.6 is 11.3 Å². The van der Waals surface area contributed by atoms with Gasteiger partial charge in [0.25, 0.3) is 5.56 Å². The highest BCUT2D eigenvalue weighted by molar-refractivity contribution is 7.15. The van der Waals surface area contributed by atoms with Gasteiger partial charge in [-0.1, -0.05) is 41.7 Å². The number of hydrogen-bond donors (Lipinski definition) is 0. The fourth-order valence-corrected chi connectivity index (χ4v) is 4.17. The number of para-hydroxylation sites is 3. The van der Waals surface area contributed by atoms with Gasteiger partial charge >= 0.3 is 0 Å². The molecule has 5 heteroatoms. The third-order valence-corrected chi connectivity index (χ3v) is 5.43. The van der Waals surface area contributed by atoms with Crippen molar-refractivity contribution >= 4 is 39.5 Å². The normalized spacial score (nSPS) is 17.6. The Morgan fingerprint density at radius 3 is 2.88 bits per heavy atom. The predicted octanol–water partition coefficient (Wildman–Crippen LogP) is 3.27. The Bertz CT molecular complexity index is 1270. The molecule has 122 valence electrons. The first kappa shape index (κ1) is 14.4. The molecule has 2 aromatic heterocycles. The van der Waals surface area contributed by atoms with Gasteiger partial charge in [-0.05, 0) is 42.8 Å². The molecule has 0 unspecified atom stereocenters. The van der Waals surface area contributed by atoms with E-state index < -0.39 is 0 Å². The standard InChI is InChI=1S/C20H14N2O2S/c1-12-14(10-13-6-2-5-9-17(13)24-12)11-18-19(23)22-16-8-4-3-7-15(16)21-20(22)25-18/h2-12H,1H3/b18-11+/t12-/m0/s1. The lowest BCUT2D eigenvalue weighted by Crippen LogP contribution is -2.25. The zero-order valence-corrected chi connectivity index (χ0v) is 14.3. The van der Waals surface area contributed by atoms with Gasteiger partial charge in [0.2, 0.25) is 0 Å². The zero-order chi connectivity index (χ0) is 17.0. The van der Waals surface area contributed by atoms with Crippen LogP contribution < -0.4 is 14.8 Å². The van der Waals surface area contributed by atoms with Crippen molar-refractivity contribution in [3.63, 3.8) is 0 Å². The van der Waals surface area contributed by atoms with Crippen LogP contribution in [0.4, 0.5) is 0 Å². The number of hydrogen-bond acceptors (Lipinski definition) is 4. The lowest BCUT2D eigenvalue weighted by atomic mass is 10.0. The molecule has 5 rings (SSSR count). The van der Waals surface area contributed by atoms with Crippen molar-refractivity contribution in [2.75, 3.05) is 0 Å². The van der Waals surface area contributed by atoms with Crippen molar-refractivity contribution in [1.29, 1.82) is 0 Å². The molecule has 0 fully saturated rings. The second kappa shape index (κ2) is 5.29. The van der Waals surface area contributed by atoms with Crippen LogP contribution in [0.5, 0.6) is 5.75 Å². The summed E-state index contributed by atoms with van der Waals surface area (Å²) in [5.41, 5.74) is 3.70. The molecule has 25 heavy (non-hydrogen) atoms. The fourth-order valence-electron chi connectivity index (χ4n) is 3.18. The highest BCUT2D eigenvalue weighted by atomic mass is 32.1. The summed E-state index contributed by atoms with van der Waals surface area (Å²) in [5.74, 6) is 0.876. The van der Waals surface area contributed by atoms with E-state index >= 15 is 0 Å². The van der Waals surface area contributed by atoms with Crippen LogP contribution in [-0.2, 0) is 0 Å². The molecule has 4 nitrogen and oxygen atoms in total. The minimum absolute atomic E-state index is 0.0272. The molecule has 1 aliphatic heterocycles. The van der Waals surface area contributed by atoms with E-state index in [0.717, 1.165) is 32.9 Å². The van der Waals surface area contributed by atoms with Crippen LogP contribution in [0.15, 0.2) is 58.9 Å². The second-order valence-electron chi connectivity index (χ2n) is 6.08. The Balaban J connectivity index is 1.72. The van der Waals surface area contributed by atoms with Gasteiger partial charge in [-0.15, -0.1) is 0 Å². The molecule has 3 heterocycles. The molecular weight excluding hydrogens is 332 g/mol. The second-order valence-corrected chi connectivity index (χ2v) is 7.09. The molecule has 0 saturated heterocycles. The van der Waals surface area contributed by atoms with E-state index in [0.29, 0.717) is 4.53 Å². The van der Waals surface area contributed by atoms with Crippen molar-refractivity contribution in [1.82, 2.24) is 9.38 Å². The van der Waals surface area contributed by atoms with Gasteiger partial charge in [-0.2, -0.15) is 0 Å². The van der Waals surface area contributed by atoms with Crippen LogP contribution in [0.1, 0.15) is 12.5 Å². The number of imidazole rings is 1. The molecule has 0 spiro atoms. The molecule has 0 bridgehead atoms. The highest BCUT2D eigenvalue weighted by Crippen LogP contribution is 2.29. The van der Waals surface area contributed by atoms with Gasteiger partial charge in [-0.3, -0.25) is 4.79 Å². The Morgan fingerprint density at radius 2 is 1.96 bits per heavy atom. The van der Waals surface area contributed by atoms with Crippen molar-refractivity contribution in [2.24, 2.45) is 0 Å². The van der Waals surface area contributed by atoms with E-state index in [1.165, 1.54) is 11.3 Å². The smallest absolute Gasteiger partial charge is 0.274 e. The van der Waals surface area contributed by atoms with E-state index in [-0.39, 0.29) is 11.7 Å². The summed E-state index contributed by atoms with van der Waals surface area (Å²) in [6, 6.07) is 15.6. The molecule has 1 atom stereocenters. The Morgan fingerprint density at radius 1 is 1.16 bits per heavy atom. The van der Waals surface area contributed by atoms with Gasteiger partial charge in [-0.25, -0.2) is 9.38 Å². The molecule has 0 saturated carbocycles. The maximum absolute atomic E-state index is 12.9. The first-order chi connectivity index (χ1) is 12.2. The lowest BCUT2D eigenvalue weighted by Gasteiger charge is -2.22. The number of ether oxygens (including phenoxy) is 1. The molecule has 0 N–H and O–H groups in total. The average molecular weight is 346 g/mol. The summed E-state index contributed by atoms with van der Waals surface area (Å²) in [5, 5.41) is 0. The Hall–Kier alpha value is -2.92. The average Bonchev–Trinajstić information content (AvgIpc) is 3.12. The SMILES string of the molecule is C[C@@H]1Oc2ccccc2C=C1/C=c1/sc2nc3ccccc3n2c1=O. The largest absolute Gasteiger partial charge is 0.485 e. The number of fused-ring (bicyclic) bond motifs is 4. The first-order valence-corrected chi connectivity index (χ1v) is 8.91. The highest BCUT2D eigenvalue weighted by Gasteiger charge is 2.18. The Kier molecular flexibility index (Phi) is 3.05. The number of thiazole rings is 1. The molecule has 2 aromatic carbocycles. The van der Waals surface area contributed by atoms with Crippen molar-refractivity contribution in [3.05, 3.63) is 74.6 Å². The summed E-state index contributed by atoms with van der Waals surface area (Å²) in [6.45, 7) is 2.00. The summed E-state index contributed by atoms with van der Waals surface area (Å²) in [6.07, 6.45) is 3.92. The van der Waals surface area contributed by atoms with Gasteiger partial charge in [0, 0.05) is 5.56 Å². The predicted molar refractivity (Wildman–Crippen MR) is 101 cm³/mol. The molecule has 4 aromatic rings. The minimum atomic E-state index is -0.0968. The molecule has 0 radical (unpaired) electrons. The molecule has 1 aliphatic rings. The quantitative estimate of drug-likeness (QED) is 0.531. The van der Waals surface area contributed by atoms with Crippen molar-refractivity contribution in [2.45, 2.75) is 13.0 Å². The van der Waals surface area contributed by atoms with Crippen molar-refractivity contribution in [3.8, 4) is 5.75 Å².